The summed E-state index contributed by atoms with van der Waals surface area (Å²) >= 11 is 3.43. The molecule has 4 rings (SSSR count). The molecule has 3 aromatic rings. The van der Waals surface area contributed by atoms with Crippen molar-refractivity contribution >= 4 is 27.0 Å². The molecule has 0 aliphatic heterocycles. The minimum atomic E-state index is -0.597. The minimum Gasteiger partial charge on any atom is -0.386 e. The van der Waals surface area contributed by atoms with E-state index in [0.717, 1.165) is 27.5 Å². The maximum atomic E-state index is 11.0. The smallest absolute Gasteiger partial charge is 0.113 e. The number of benzene rings is 2. The molecule has 1 aliphatic rings. The van der Waals surface area contributed by atoms with Gasteiger partial charge in [0.2, 0.25) is 0 Å². The fraction of sp³-hybridized carbons (Fsp3) is 0.294. The standard InChI is InChI=1S/C17H16BrN3O/c1-11-10-17(11,16(22)12-6-8-13(18)9-7-12)21-15-5-3-2-4-14(15)19-20-21/h2-9,11,16,22H,10H2,1H3. The first-order valence-corrected chi connectivity index (χ1v) is 8.16. The lowest BCUT2D eigenvalue weighted by Crippen LogP contribution is -2.29. The Morgan fingerprint density at radius 1 is 1.23 bits per heavy atom. The van der Waals surface area contributed by atoms with Crippen LogP contribution in [0, 0.1) is 5.92 Å². The zero-order valence-electron chi connectivity index (χ0n) is 12.1. The van der Waals surface area contributed by atoms with Crippen molar-refractivity contribution in [2.45, 2.75) is 25.0 Å². The van der Waals surface area contributed by atoms with E-state index in [1.807, 2.05) is 53.2 Å². The van der Waals surface area contributed by atoms with E-state index in [9.17, 15) is 5.11 Å². The Kier molecular flexibility index (Phi) is 3.09. The van der Waals surface area contributed by atoms with Crippen molar-refractivity contribution in [2.24, 2.45) is 5.92 Å². The normalized spacial score (nSPS) is 25.3. The van der Waals surface area contributed by atoms with E-state index >= 15 is 0 Å². The summed E-state index contributed by atoms with van der Waals surface area (Å²) in [6, 6.07) is 15.7. The second kappa shape index (κ2) is 4.89. The lowest BCUT2D eigenvalue weighted by Gasteiger charge is -2.24. The van der Waals surface area contributed by atoms with Gasteiger partial charge in [-0.1, -0.05) is 52.3 Å². The van der Waals surface area contributed by atoms with Crippen molar-refractivity contribution in [3.8, 4) is 0 Å². The quantitative estimate of drug-likeness (QED) is 0.777. The Morgan fingerprint density at radius 3 is 2.59 bits per heavy atom. The molecule has 4 nitrogen and oxygen atoms in total. The predicted octanol–water partition coefficient (Wildman–Crippen LogP) is 3.66. The topological polar surface area (TPSA) is 50.9 Å². The van der Waals surface area contributed by atoms with Crippen LogP contribution in [0.2, 0.25) is 0 Å². The van der Waals surface area contributed by atoms with E-state index < -0.39 is 11.6 Å². The molecule has 0 saturated heterocycles. The van der Waals surface area contributed by atoms with E-state index in [1.165, 1.54) is 0 Å². The molecule has 1 heterocycles. The summed E-state index contributed by atoms with van der Waals surface area (Å²) in [4.78, 5) is 0. The third-order valence-corrected chi connectivity index (χ3v) is 5.26. The van der Waals surface area contributed by atoms with Crippen LogP contribution < -0.4 is 0 Å². The van der Waals surface area contributed by atoms with Gasteiger partial charge in [-0.2, -0.15) is 0 Å². The second-order valence-electron chi connectivity index (χ2n) is 6.04. The summed E-state index contributed by atoms with van der Waals surface area (Å²) in [5.74, 6) is 0.358. The molecule has 3 atom stereocenters. The van der Waals surface area contributed by atoms with Crippen molar-refractivity contribution in [1.29, 1.82) is 0 Å². The molecule has 0 bridgehead atoms. The first-order valence-electron chi connectivity index (χ1n) is 7.37. The highest BCUT2D eigenvalue weighted by atomic mass is 79.9. The largest absolute Gasteiger partial charge is 0.386 e. The number of aliphatic hydroxyl groups is 1. The highest BCUT2D eigenvalue weighted by molar-refractivity contribution is 9.10. The number of hydrogen-bond donors (Lipinski definition) is 1. The average molecular weight is 358 g/mol. The van der Waals surface area contributed by atoms with Gasteiger partial charge < -0.3 is 5.11 Å². The van der Waals surface area contributed by atoms with Gasteiger partial charge in [0.05, 0.1) is 11.1 Å². The number of hydrogen-bond acceptors (Lipinski definition) is 3. The molecule has 0 amide bonds. The number of para-hydroxylation sites is 1. The van der Waals surface area contributed by atoms with Crippen LogP contribution >= 0.6 is 15.9 Å². The van der Waals surface area contributed by atoms with Crippen LogP contribution in [-0.2, 0) is 5.54 Å². The number of halogens is 1. The van der Waals surface area contributed by atoms with E-state index in [-0.39, 0.29) is 0 Å². The van der Waals surface area contributed by atoms with E-state index in [1.54, 1.807) is 0 Å². The molecule has 1 fully saturated rings. The van der Waals surface area contributed by atoms with Crippen LogP contribution in [0.25, 0.3) is 11.0 Å². The number of aromatic nitrogens is 3. The van der Waals surface area contributed by atoms with Gasteiger partial charge in [0.15, 0.2) is 0 Å². The summed E-state index contributed by atoms with van der Waals surface area (Å²) in [5, 5.41) is 19.6. The second-order valence-corrected chi connectivity index (χ2v) is 6.96. The SMILES string of the molecule is CC1CC1(C(O)c1ccc(Br)cc1)n1nnc2ccccc21. The minimum absolute atomic E-state index is 0.358. The van der Waals surface area contributed by atoms with Crippen LogP contribution in [0.3, 0.4) is 0 Å². The van der Waals surface area contributed by atoms with Gasteiger partial charge in [0.25, 0.3) is 0 Å². The van der Waals surface area contributed by atoms with Gasteiger partial charge in [-0.25, -0.2) is 4.68 Å². The Balaban J connectivity index is 1.82. The van der Waals surface area contributed by atoms with E-state index in [0.29, 0.717) is 5.92 Å². The zero-order valence-corrected chi connectivity index (χ0v) is 13.7. The Bertz CT molecular complexity index is 829. The molecule has 3 unspecified atom stereocenters. The van der Waals surface area contributed by atoms with Gasteiger partial charge in [-0.05, 0) is 42.2 Å². The third-order valence-electron chi connectivity index (χ3n) is 4.73. The lowest BCUT2D eigenvalue weighted by molar-refractivity contribution is 0.0830. The number of aliphatic hydroxyl groups excluding tert-OH is 1. The fourth-order valence-corrected chi connectivity index (χ4v) is 3.60. The molecule has 112 valence electrons. The van der Waals surface area contributed by atoms with Gasteiger partial charge in [-0.3, -0.25) is 0 Å². The van der Waals surface area contributed by atoms with Crippen LogP contribution in [0.1, 0.15) is 25.0 Å². The van der Waals surface area contributed by atoms with Gasteiger partial charge >= 0.3 is 0 Å². The lowest BCUT2D eigenvalue weighted by atomic mass is 9.98. The van der Waals surface area contributed by atoms with Crippen molar-refractivity contribution in [2.75, 3.05) is 0 Å². The summed E-state index contributed by atoms with van der Waals surface area (Å²) < 4.78 is 2.92. The maximum absolute atomic E-state index is 11.0. The first kappa shape index (κ1) is 13.9. The molecular formula is C17H16BrN3O. The molecule has 1 saturated carbocycles. The molecule has 2 aromatic carbocycles. The van der Waals surface area contributed by atoms with Gasteiger partial charge in [-0.15, -0.1) is 5.10 Å². The molecule has 1 aliphatic carbocycles. The molecule has 5 heteroatoms. The number of nitrogens with zero attached hydrogens (tertiary/aromatic N) is 3. The maximum Gasteiger partial charge on any atom is 0.113 e. The first-order chi connectivity index (χ1) is 10.6. The van der Waals surface area contributed by atoms with Gasteiger partial charge in [0.1, 0.15) is 11.6 Å². The fourth-order valence-electron chi connectivity index (χ4n) is 3.33. The average Bonchev–Trinajstić information content (AvgIpc) is 3.03. The van der Waals surface area contributed by atoms with E-state index in [4.69, 9.17) is 0 Å². The summed E-state index contributed by atoms with van der Waals surface area (Å²) in [7, 11) is 0. The zero-order chi connectivity index (χ0) is 15.3. The van der Waals surface area contributed by atoms with Crippen molar-refractivity contribution in [3.05, 3.63) is 58.6 Å². The third kappa shape index (κ3) is 1.92. The molecule has 0 spiro atoms. The van der Waals surface area contributed by atoms with Crippen LogP contribution in [0.4, 0.5) is 0 Å². The van der Waals surface area contributed by atoms with Crippen molar-refractivity contribution in [3.63, 3.8) is 0 Å². The Morgan fingerprint density at radius 2 is 1.91 bits per heavy atom. The van der Waals surface area contributed by atoms with Crippen molar-refractivity contribution in [1.82, 2.24) is 15.0 Å². The summed E-state index contributed by atoms with van der Waals surface area (Å²) in [5.41, 5.74) is 2.35. The highest BCUT2D eigenvalue weighted by Crippen LogP contribution is 2.58. The molecule has 1 aromatic heterocycles. The summed E-state index contributed by atoms with van der Waals surface area (Å²) in [6.07, 6.45) is 0.304. The van der Waals surface area contributed by atoms with Crippen LogP contribution in [0.15, 0.2) is 53.0 Å². The molecule has 22 heavy (non-hydrogen) atoms. The monoisotopic (exact) mass is 357 g/mol. The Hall–Kier alpha value is -1.72. The predicted molar refractivity (Wildman–Crippen MR) is 88.4 cm³/mol. The van der Waals surface area contributed by atoms with Gasteiger partial charge in [0, 0.05) is 4.47 Å². The number of rotatable bonds is 3. The Labute approximate surface area is 136 Å². The van der Waals surface area contributed by atoms with E-state index in [2.05, 4.69) is 33.2 Å². The number of fused-ring (bicyclic) bond motifs is 1. The molecular weight excluding hydrogens is 342 g/mol. The van der Waals surface area contributed by atoms with Crippen molar-refractivity contribution < 1.29 is 5.11 Å². The van der Waals surface area contributed by atoms with Crippen LogP contribution in [0.5, 0.6) is 0 Å². The highest BCUT2D eigenvalue weighted by Gasteiger charge is 2.60. The molecule has 0 radical (unpaired) electrons. The molecule has 1 N–H and O–H groups in total. The summed E-state index contributed by atoms with van der Waals surface area (Å²) in [6.45, 7) is 2.15. The van der Waals surface area contributed by atoms with Crippen LogP contribution in [-0.4, -0.2) is 20.1 Å².